The van der Waals surface area contributed by atoms with E-state index in [1.165, 1.54) is 0 Å². The van der Waals surface area contributed by atoms with Gasteiger partial charge in [-0.05, 0) is 36.2 Å². The van der Waals surface area contributed by atoms with E-state index in [1.807, 2.05) is 37.3 Å². The van der Waals surface area contributed by atoms with Gasteiger partial charge in [-0.3, -0.25) is 4.79 Å². The zero-order valence-electron chi connectivity index (χ0n) is 11.8. The maximum atomic E-state index is 11.8. The highest BCUT2D eigenvalue weighted by molar-refractivity contribution is 5.91. The van der Waals surface area contributed by atoms with Gasteiger partial charge in [-0.25, -0.2) is 0 Å². The van der Waals surface area contributed by atoms with Crippen molar-refractivity contribution in [2.75, 3.05) is 13.7 Å². The fourth-order valence-electron chi connectivity index (χ4n) is 1.89. The Balaban J connectivity index is 1.81. The number of methoxy groups -OCH3 is 1. The molecule has 0 radical (unpaired) electrons. The Kier molecular flexibility index (Phi) is 4.82. The van der Waals surface area contributed by atoms with E-state index in [0.717, 1.165) is 29.9 Å². The minimum absolute atomic E-state index is 0.168. The first-order chi connectivity index (χ1) is 9.72. The molecule has 106 valence electrons. The molecule has 0 spiro atoms. The van der Waals surface area contributed by atoms with Crippen LogP contribution in [0.25, 0.3) is 0 Å². The van der Waals surface area contributed by atoms with Gasteiger partial charge in [-0.2, -0.15) is 0 Å². The van der Waals surface area contributed by atoms with E-state index in [-0.39, 0.29) is 5.91 Å². The fourth-order valence-corrected chi connectivity index (χ4v) is 1.89. The molecule has 0 aliphatic rings. The lowest BCUT2D eigenvalue weighted by atomic mass is 10.1. The molecule has 0 fully saturated rings. The van der Waals surface area contributed by atoms with E-state index in [2.05, 4.69) is 5.32 Å². The van der Waals surface area contributed by atoms with Crippen LogP contribution < -0.4 is 10.1 Å². The highest BCUT2D eigenvalue weighted by Gasteiger charge is 2.09. The van der Waals surface area contributed by atoms with Crippen LogP contribution in [0.5, 0.6) is 5.75 Å². The van der Waals surface area contributed by atoms with Crippen LogP contribution in [0.15, 0.2) is 40.8 Å². The third-order valence-electron chi connectivity index (χ3n) is 3.09. The Labute approximate surface area is 118 Å². The number of rotatable bonds is 6. The minimum atomic E-state index is -0.168. The van der Waals surface area contributed by atoms with Crippen molar-refractivity contribution in [2.45, 2.75) is 19.8 Å². The molecule has 4 heteroatoms. The molecule has 2 aromatic rings. The molecule has 1 aromatic heterocycles. The van der Waals surface area contributed by atoms with Crippen LogP contribution in [0.2, 0.25) is 0 Å². The van der Waals surface area contributed by atoms with Crippen LogP contribution in [0.1, 0.15) is 28.8 Å². The molecule has 0 saturated carbocycles. The summed E-state index contributed by atoms with van der Waals surface area (Å²) in [6.07, 6.45) is 1.57. The molecule has 2 rings (SSSR count). The van der Waals surface area contributed by atoms with Gasteiger partial charge in [0.05, 0.1) is 7.11 Å². The summed E-state index contributed by atoms with van der Waals surface area (Å²) in [5.74, 6) is 1.86. The molecule has 1 aromatic carbocycles. The molecule has 1 amide bonds. The largest absolute Gasteiger partial charge is 0.497 e. The molecule has 0 atom stereocenters. The van der Waals surface area contributed by atoms with Gasteiger partial charge in [0.15, 0.2) is 5.76 Å². The Morgan fingerprint density at radius 3 is 2.55 bits per heavy atom. The van der Waals surface area contributed by atoms with Gasteiger partial charge in [0.1, 0.15) is 11.5 Å². The van der Waals surface area contributed by atoms with Crippen LogP contribution in [0.4, 0.5) is 0 Å². The van der Waals surface area contributed by atoms with E-state index in [4.69, 9.17) is 9.15 Å². The number of benzene rings is 1. The van der Waals surface area contributed by atoms with Crippen molar-refractivity contribution in [2.24, 2.45) is 0 Å². The second-order valence-corrected chi connectivity index (χ2v) is 4.47. The van der Waals surface area contributed by atoms with Crippen molar-refractivity contribution in [1.82, 2.24) is 5.32 Å². The minimum Gasteiger partial charge on any atom is -0.497 e. The average molecular weight is 273 g/mol. The Morgan fingerprint density at radius 1 is 1.20 bits per heavy atom. The molecule has 20 heavy (non-hydrogen) atoms. The maximum Gasteiger partial charge on any atom is 0.287 e. The lowest BCUT2D eigenvalue weighted by Gasteiger charge is -2.05. The van der Waals surface area contributed by atoms with Crippen molar-refractivity contribution in [1.29, 1.82) is 0 Å². The summed E-state index contributed by atoms with van der Waals surface area (Å²) in [6, 6.07) is 11.4. The summed E-state index contributed by atoms with van der Waals surface area (Å²) < 4.78 is 10.5. The standard InChI is InChI=1S/C16H19NO3/c1-3-13-8-9-15(20-13)16(18)17-11-10-12-4-6-14(19-2)7-5-12/h4-9H,3,10-11H2,1-2H3,(H,17,18). The first-order valence-corrected chi connectivity index (χ1v) is 6.72. The van der Waals surface area contributed by atoms with Crippen molar-refractivity contribution in [3.05, 3.63) is 53.5 Å². The number of furan rings is 1. The van der Waals surface area contributed by atoms with Gasteiger partial charge in [-0.1, -0.05) is 19.1 Å². The van der Waals surface area contributed by atoms with Crippen LogP contribution in [-0.4, -0.2) is 19.6 Å². The zero-order chi connectivity index (χ0) is 14.4. The van der Waals surface area contributed by atoms with Gasteiger partial charge >= 0.3 is 0 Å². The van der Waals surface area contributed by atoms with E-state index < -0.39 is 0 Å². The summed E-state index contributed by atoms with van der Waals surface area (Å²) in [6.45, 7) is 2.57. The monoisotopic (exact) mass is 273 g/mol. The second-order valence-electron chi connectivity index (χ2n) is 4.47. The topological polar surface area (TPSA) is 51.5 Å². The van der Waals surface area contributed by atoms with Gasteiger partial charge < -0.3 is 14.5 Å². The Morgan fingerprint density at radius 2 is 1.95 bits per heavy atom. The molecular weight excluding hydrogens is 254 g/mol. The average Bonchev–Trinajstić information content (AvgIpc) is 2.97. The molecule has 1 N–H and O–H groups in total. The Hall–Kier alpha value is -2.23. The summed E-state index contributed by atoms with van der Waals surface area (Å²) in [4.78, 5) is 11.8. The number of ether oxygens (including phenoxy) is 1. The van der Waals surface area contributed by atoms with E-state index in [1.54, 1.807) is 13.2 Å². The molecule has 0 bridgehead atoms. The summed E-state index contributed by atoms with van der Waals surface area (Å²) in [5.41, 5.74) is 1.15. The highest BCUT2D eigenvalue weighted by Crippen LogP contribution is 2.11. The smallest absolute Gasteiger partial charge is 0.287 e. The highest BCUT2D eigenvalue weighted by atomic mass is 16.5. The lowest BCUT2D eigenvalue weighted by molar-refractivity contribution is 0.0925. The predicted molar refractivity (Wildman–Crippen MR) is 77.1 cm³/mol. The SMILES string of the molecule is CCc1ccc(C(=O)NCCc2ccc(OC)cc2)o1. The van der Waals surface area contributed by atoms with Crippen LogP contribution in [0, 0.1) is 0 Å². The number of carbonyl (C=O) groups excluding carboxylic acids is 1. The summed E-state index contributed by atoms with van der Waals surface area (Å²) >= 11 is 0. The predicted octanol–water partition coefficient (Wildman–Crippen LogP) is 2.82. The maximum absolute atomic E-state index is 11.8. The first kappa shape index (κ1) is 14.2. The first-order valence-electron chi connectivity index (χ1n) is 6.72. The van der Waals surface area contributed by atoms with Crippen LogP contribution in [-0.2, 0) is 12.8 Å². The number of carbonyl (C=O) groups is 1. The Bertz CT molecular complexity index is 557. The molecule has 4 nitrogen and oxygen atoms in total. The number of hydrogen-bond acceptors (Lipinski definition) is 3. The van der Waals surface area contributed by atoms with Gasteiger partial charge in [0.25, 0.3) is 5.91 Å². The summed E-state index contributed by atoms with van der Waals surface area (Å²) in [5, 5.41) is 2.85. The fraction of sp³-hybridized carbons (Fsp3) is 0.312. The zero-order valence-corrected chi connectivity index (χ0v) is 11.8. The van der Waals surface area contributed by atoms with Gasteiger partial charge in [0.2, 0.25) is 0 Å². The van der Waals surface area contributed by atoms with Crippen LogP contribution >= 0.6 is 0 Å². The number of amides is 1. The third kappa shape index (κ3) is 3.63. The van der Waals surface area contributed by atoms with Crippen molar-refractivity contribution >= 4 is 5.91 Å². The molecular formula is C16H19NO3. The van der Waals surface area contributed by atoms with E-state index in [9.17, 15) is 4.79 Å². The molecule has 0 aliphatic carbocycles. The second kappa shape index (κ2) is 6.80. The van der Waals surface area contributed by atoms with Crippen molar-refractivity contribution < 1.29 is 13.9 Å². The molecule has 0 aliphatic heterocycles. The van der Waals surface area contributed by atoms with Crippen molar-refractivity contribution in [3.8, 4) is 5.75 Å². The lowest BCUT2D eigenvalue weighted by Crippen LogP contribution is -2.25. The quantitative estimate of drug-likeness (QED) is 0.880. The number of nitrogens with one attached hydrogen (secondary N) is 1. The van der Waals surface area contributed by atoms with Gasteiger partial charge in [-0.15, -0.1) is 0 Å². The van der Waals surface area contributed by atoms with Crippen LogP contribution in [0.3, 0.4) is 0 Å². The number of aryl methyl sites for hydroxylation is 1. The third-order valence-corrected chi connectivity index (χ3v) is 3.09. The number of hydrogen-bond donors (Lipinski definition) is 1. The van der Waals surface area contributed by atoms with Gasteiger partial charge in [0, 0.05) is 13.0 Å². The van der Waals surface area contributed by atoms with E-state index >= 15 is 0 Å². The van der Waals surface area contributed by atoms with E-state index in [0.29, 0.717) is 12.3 Å². The molecule has 1 heterocycles. The molecule has 0 unspecified atom stereocenters. The van der Waals surface area contributed by atoms with Crippen molar-refractivity contribution in [3.63, 3.8) is 0 Å². The summed E-state index contributed by atoms with van der Waals surface area (Å²) in [7, 11) is 1.64. The normalized spacial score (nSPS) is 10.3. The molecule has 0 saturated heterocycles.